The van der Waals surface area contributed by atoms with Gasteiger partial charge in [-0.25, -0.2) is 0 Å². The molecule has 0 radical (unpaired) electrons. The van der Waals surface area contributed by atoms with Crippen LogP contribution in [0.4, 0.5) is 0 Å². The van der Waals surface area contributed by atoms with Crippen LogP contribution in [0.3, 0.4) is 0 Å². The lowest BCUT2D eigenvalue weighted by Gasteiger charge is -2.19. The second kappa shape index (κ2) is 6.27. The minimum atomic E-state index is -0.175. The Kier molecular flexibility index (Phi) is 4.98. The molecule has 0 aliphatic heterocycles. The molecule has 2 unspecified atom stereocenters. The third-order valence-corrected chi connectivity index (χ3v) is 2.30. The Morgan fingerprint density at radius 2 is 2.25 bits per heavy atom. The summed E-state index contributed by atoms with van der Waals surface area (Å²) in [6.07, 6.45) is 3.66. The first-order chi connectivity index (χ1) is 7.63. The number of likely N-dealkylation sites (N-methyl/N-ethyl adjacent to an activating group) is 1. The third-order valence-electron chi connectivity index (χ3n) is 2.30. The molecule has 0 saturated heterocycles. The fourth-order valence-corrected chi connectivity index (χ4v) is 1.57. The molecule has 16 heavy (non-hydrogen) atoms. The van der Waals surface area contributed by atoms with Crippen molar-refractivity contribution in [1.82, 2.24) is 20.4 Å². The number of nitrogens with zero attached hydrogens (tertiary/aromatic N) is 2. The molecular weight excluding hydrogens is 204 g/mol. The second-order valence-electron chi connectivity index (χ2n) is 3.91. The molecule has 5 nitrogen and oxygen atoms in total. The topological polar surface area (TPSA) is 59.0 Å². The Hall–Kier alpha value is -1.36. The molecule has 0 spiro atoms. The summed E-state index contributed by atoms with van der Waals surface area (Å²) in [6.45, 7) is 7.24. The molecule has 0 saturated carbocycles. The molecule has 0 aliphatic carbocycles. The van der Waals surface area contributed by atoms with Gasteiger partial charge in [0.25, 0.3) is 0 Å². The molecule has 0 aliphatic rings. The molecule has 1 amide bonds. The zero-order chi connectivity index (χ0) is 12.0. The maximum Gasteiger partial charge on any atom is 0.236 e. The fraction of sp³-hybridized carbons (Fsp3) is 0.636. The highest BCUT2D eigenvalue weighted by atomic mass is 16.2. The van der Waals surface area contributed by atoms with Crippen molar-refractivity contribution < 1.29 is 4.79 Å². The van der Waals surface area contributed by atoms with Crippen LogP contribution in [0.25, 0.3) is 0 Å². The number of hydrogen-bond acceptors (Lipinski definition) is 3. The summed E-state index contributed by atoms with van der Waals surface area (Å²) in [6, 6.07) is 1.92. The summed E-state index contributed by atoms with van der Waals surface area (Å²) in [4.78, 5) is 11.5. The van der Waals surface area contributed by atoms with Gasteiger partial charge in [0.2, 0.25) is 5.91 Å². The predicted octanol–water partition coefficient (Wildman–Crippen LogP) is 0.386. The molecule has 1 aromatic rings. The van der Waals surface area contributed by atoms with E-state index in [2.05, 4.69) is 15.7 Å². The minimum Gasteiger partial charge on any atom is -0.355 e. The van der Waals surface area contributed by atoms with Gasteiger partial charge in [-0.2, -0.15) is 5.10 Å². The molecule has 1 aromatic heterocycles. The van der Waals surface area contributed by atoms with E-state index in [0.717, 1.165) is 6.54 Å². The summed E-state index contributed by atoms with van der Waals surface area (Å²) >= 11 is 0. The Bertz CT molecular complexity index is 310. The van der Waals surface area contributed by atoms with Crippen molar-refractivity contribution >= 4 is 5.91 Å². The average Bonchev–Trinajstić information content (AvgIpc) is 2.70. The normalized spacial score (nSPS) is 14.4. The fourth-order valence-electron chi connectivity index (χ4n) is 1.57. The molecule has 5 heteroatoms. The van der Waals surface area contributed by atoms with E-state index in [0.29, 0.717) is 6.54 Å². The third kappa shape index (κ3) is 4.02. The first kappa shape index (κ1) is 12.7. The van der Waals surface area contributed by atoms with Gasteiger partial charge in [-0.05, 0) is 26.8 Å². The number of hydrogen-bond donors (Lipinski definition) is 2. The summed E-state index contributed by atoms with van der Waals surface area (Å²) in [5.74, 6) is 0.0369. The number of nitrogens with one attached hydrogen (secondary N) is 2. The number of amides is 1. The van der Waals surface area contributed by atoms with Crippen molar-refractivity contribution in [2.75, 3.05) is 6.54 Å². The summed E-state index contributed by atoms with van der Waals surface area (Å²) in [5, 5.41) is 10.1. The van der Waals surface area contributed by atoms with Gasteiger partial charge in [-0.15, -0.1) is 0 Å². The van der Waals surface area contributed by atoms with Crippen LogP contribution >= 0.6 is 0 Å². The average molecular weight is 224 g/mol. The van der Waals surface area contributed by atoms with Gasteiger partial charge < -0.3 is 10.6 Å². The van der Waals surface area contributed by atoms with Gasteiger partial charge in [0, 0.05) is 25.0 Å². The van der Waals surface area contributed by atoms with Gasteiger partial charge in [-0.3, -0.25) is 9.48 Å². The van der Waals surface area contributed by atoms with Crippen LogP contribution in [0.1, 0.15) is 20.8 Å². The lowest BCUT2D eigenvalue weighted by Crippen LogP contribution is -2.46. The Labute approximate surface area is 96.2 Å². The molecule has 0 aromatic carbocycles. The Balaban J connectivity index is 2.33. The Morgan fingerprint density at radius 1 is 1.50 bits per heavy atom. The quantitative estimate of drug-likeness (QED) is 0.734. The number of carbonyl (C=O) groups is 1. The van der Waals surface area contributed by atoms with E-state index in [9.17, 15) is 4.79 Å². The smallest absolute Gasteiger partial charge is 0.236 e. The van der Waals surface area contributed by atoms with Crippen LogP contribution in [0, 0.1) is 0 Å². The standard InChI is InChI=1S/C11H20N4O/c1-4-12-11(16)10(3)14-9(2)8-15-7-5-6-13-15/h5-7,9-10,14H,4,8H2,1-3H3,(H,12,16). The SMILES string of the molecule is CCNC(=O)C(C)NC(C)Cn1cccn1. The molecule has 1 rings (SSSR count). The van der Waals surface area contributed by atoms with E-state index in [1.54, 1.807) is 6.20 Å². The summed E-state index contributed by atoms with van der Waals surface area (Å²) in [7, 11) is 0. The van der Waals surface area contributed by atoms with Crippen LogP contribution in [0.15, 0.2) is 18.5 Å². The van der Waals surface area contributed by atoms with Gasteiger partial charge >= 0.3 is 0 Å². The molecular formula is C11H20N4O. The lowest BCUT2D eigenvalue weighted by atomic mass is 10.2. The number of aromatic nitrogens is 2. The Morgan fingerprint density at radius 3 is 2.81 bits per heavy atom. The first-order valence-electron chi connectivity index (χ1n) is 5.64. The molecule has 90 valence electrons. The lowest BCUT2D eigenvalue weighted by molar-refractivity contribution is -0.122. The van der Waals surface area contributed by atoms with Crippen LogP contribution < -0.4 is 10.6 Å². The maximum absolute atomic E-state index is 11.5. The molecule has 2 N–H and O–H groups in total. The van der Waals surface area contributed by atoms with Gasteiger partial charge in [0.05, 0.1) is 12.6 Å². The summed E-state index contributed by atoms with van der Waals surface area (Å²) < 4.78 is 1.85. The van der Waals surface area contributed by atoms with Gasteiger partial charge in [0.1, 0.15) is 0 Å². The summed E-state index contributed by atoms with van der Waals surface area (Å²) in [5.41, 5.74) is 0. The van der Waals surface area contributed by atoms with Gasteiger partial charge in [-0.1, -0.05) is 0 Å². The van der Waals surface area contributed by atoms with Crippen molar-refractivity contribution in [3.63, 3.8) is 0 Å². The molecule has 2 atom stereocenters. The van der Waals surface area contributed by atoms with Crippen LogP contribution in [-0.2, 0) is 11.3 Å². The van der Waals surface area contributed by atoms with E-state index in [-0.39, 0.29) is 18.0 Å². The van der Waals surface area contributed by atoms with E-state index in [1.165, 1.54) is 0 Å². The van der Waals surface area contributed by atoms with Crippen molar-refractivity contribution in [2.24, 2.45) is 0 Å². The molecule has 1 heterocycles. The largest absolute Gasteiger partial charge is 0.355 e. The van der Waals surface area contributed by atoms with E-state index in [1.807, 2.05) is 37.7 Å². The van der Waals surface area contributed by atoms with E-state index >= 15 is 0 Å². The number of carbonyl (C=O) groups excluding carboxylic acids is 1. The van der Waals surface area contributed by atoms with Crippen molar-refractivity contribution in [3.8, 4) is 0 Å². The van der Waals surface area contributed by atoms with Crippen LogP contribution in [0.2, 0.25) is 0 Å². The molecule has 0 bridgehead atoms. The second-order valence-corrected chi connectivity index (χ2v) is 3.91. The van der Waals surface area contributed by atoms with E-state index < -0.39 is 0 Å². The zero-order valence-electron chi connectivity index (χ0n) is 10.1. The van der Waals surface area contributed by atoms with Crippen molar-refractivity contribution in [3.05, 3.63) is 18.5 Å². The van der Waals surface area contributed by atoms with Crippen molar-refractivity contribution in [2.45, 2.75) is 39.4 Å². The number of rotatable bonds is 6. The minimum absolute atomic E-state index is 0.0369. The zero-order valence-corrected chi connectivity index (χ0v) is 10.1. The maximum atomic E-state index is 11.5. The monoisotopic (exact) mass is 224 g/mol. The van der Waals surface area contributed by atoms with Crippen LogP contribution in [0.5, 0.6) is 0 Å². The highest BCUT2D eigenvalue weighted by molar-refractivity contribution is 5.81. The molecule has 0 fully saturated rings. The highest BCUT2D eigenvalue weighted by Gasteiger charge is 2.14. The predicted molar refractivity (Wildman–Crippen MR) is 63.0 cm³/mol. The first-order valence-corrected chi connectivity index (χ1v) is 5.64. The van der Waals surface area contributed by atoms with Gasteiger partial charge in [0.15, 0.2) is 0 Å². The van der Waals surface area contributed by atoms with Crippen LogP contribution in [-0.4, -0.2) is 34.3 Å². The van der Waals surface area contributed by atoms with E-state index in [4.69, 9.17) is 0 Å². The highest BCUT2D eigenvalue weighted by Crippen LogP contribution is 1.93. The van der Waals surface area contributed by atoms with Crippen molar-refractivity contribution in [1.29, 1.82) is 0 Å².